The summed E-state index contributed by atoms with van der Waals surface area (Å²) in [6.07, 6.45) is -0.483. The van der Waals surface area contributed by atoms with Crippen LogP contribution in [0.15, 0.2) is 42.3 Å². The number of benzene rings is 1. The van der Waals surface area contributed by atoms with E-state index in [1.54, 1.807) is 24.3 Å². The fraction of sp³-hybridized carbons (Fsp3) is 0.480. The molecule has 2 aliphatic rings. The third-order valence-electron chi connectivity index (χ3n) is 6.58. The van der Waals surface area contributed by atoms with Gasteiger partial charge in [-0.2, -0.15) is 13.2 Å². The van der Waals surface area contributed by atoms with Crippen molar-refractivity contribution in [3.8, 4) is 0 Å². The maximum absolute atomic E-state index is 13.5. The van der Waals surface area contributed by atoms with Gasteiger partial charge in [0, 0.05) is 23.5 Å². The van der Waals surface area contributed by atoms with Crippen molar-refractivity contribution in [3.05, 3.63) is 53.4 Å². The Hall–Kier alpha value is -3.50. The average Bonchev–Trinajstić information content (AvgIpc) is 3.58. The Morgan fingerprint density at radius 3 is 2.53 bits per heavy atom. The highest BCUT2D eigenvalue weighted by Crippen LogP contribution is 2.48. The molecule has 2 amide bonds. The second-order valence-corrected chi connectivity index (χ2v) is 9.23. The Kier molecular flexibility index (Phi) is 8.00. The SMILES string of the molecule is CCC(CC)NC(=O)C1=CNC(c2cccc(/C(N)=C/C(=N)C(=O)NC(C)(C3CC3)C(F)(F)F)c2)O1. The number of halogens is 3. The molecule has 1 aromatic carbocycles. The van der Waals surface area contributed by atoms with Gasteiger partial charge in [-0.1, -0.05) is 32.0 Å². The highest BCUT2D eigenvalue weighted by Gasteiger charge is 2.60. The normalized spacial score (nSPS) is 19.6. The van der Waals surface area contributed by atoms with Crippen molar-refractivity contribution in [1.29, 1.82) is 5.41 Å². The second-order valence-electron chi connectivity index (χ2n) is 9.23. The van der Waals surface area contributed by atoms with Crippen LogP contribution in [0.4, 0.5) is 13.2 Å². The summed E-state index contributed by atoms with van der Waals surface area (Å²) in [4.78, 5) is 24.8. The van der Waals surface area contributed by atoms with Gasteiger partial charge in [0.1, 0.15) is 11.3 Å². The van der Waals surface area contributed by atoms with Gasteiger partial charge in [0.2, 0.25) is 5.76 Å². The van der Waals surface area contributed by atoms with Crippen LogP contribution in [0.5, 0.6) is 0 Å². The Balaban J connectivity index is 1.66. The molecule has 1 aliphatic heterocycles. The van der Waals surface area contributed by atoms with E-state index in [2.05, 4.69) is 10.6 Å². The number of ether oxygens (including phenoxy) is 1. The van der Waals surface area contributed by atoms with Crippen LogP contribution < -0.4 is 21.7 Å². The molecule has 1 aromatic rings. The van der Waals surface area contributed by atoms with E-state index in [0.717, 1.165) is 25.8 Å². The Bertz CT molecular complexity index is 1080. The van der Waals surface area contributed by atoms with Gasteiger partial charge in [-0.05, 0) is 56.2 Å². The highest BCUT2D eigenvalue weighted by molar-refractivity contribution is 6.43. The van der Waals surface area contributed by atoms with Crippen molar-refractivity contribution in [2.24, 2.45) is 11.7 Å². The molecule has 1 fully saturated rings. The third-order valence-corrected chi connectivity index (χ3v) is 6.58. The van der Waals surface area contributed by atoms with Crippen molar-refractivity contribution in [2.75, 3.05) is 0 Å². The predicted octanol–water partition coefficient (Wildman–Crippen LogP) is 3.62. The largest absolute Gasteiger partial charge is 0.459 e. The standard InChI is InChI=1S/C25H32F3N5O3/c1-4-17(5-2)32-22(35)20-13-31-23(36-20)15-8-6-7-14(11-15)18(29)12-19(30)21(34)33-24(3,16-9-10-16)25(26,27)28/h6-8,11-13,16-17,23,30-31H,4-5,9-10,29H2,1-3H3,(H,32,35)(H,33,34)/b18-12-,30-19?. The quantitative estimate of drug-likeness (QED) is 0.309. The minimum absolute atomic E-state index is 0.0230. The smallest absolute Gasteiger partial charge is 0.411 e. The molecule has 0 spiro atoms. The average molecular weight is 508 g/mol. The summed E-state index contributed by atoms with van der Waals surface area (Å²) >= 11 is 0. The Labute approximate surface area is 208 Å². The van der Waals surface area contributed by atoms with Gasteiger partial charge in [-0.25, -0.2) is 0 Å². The zero-order valence-electron chi connectivity index (χ0n) is 20.5. The van der Waals surface area contributed by atoms with Crippen molar-refractivity contribution < 1.29 is 27.5 Å². The van der Waals surface area contributed by atoms with E-state index in [9.17, 15) is 22.8 Å². The molecule has 0 bridgehead atoms. The molecule has 36 heavy (non-hydrogen) atoms. The van der Waals surface area contributed by atoms with Gasteiger partial charge in [-0.15, -0.1) is 0 Å². The van der Waals surface area contributed by atoms with Crippen LogP contribution in [0.25, 0.3) is 5.70 Å². The summed E-state index contributed by atoms with van der Waals surface area (Å²) in [7, 11) is 0. The van der Waals surface area contributed by atoms with E-state index >= 15 is 0 Å². The molecule has 2 atom stereocenters. The maximum Gasteiger partial charge on any atom is 0.411 e. The molecule has 1 heterocycles. The zero-order chi connectivity index (χ0) is 26.7. The van der Waals surface area contributed by atoms with Crippen LogP contribution in [0, 0.1) is 11.3 Å². The molecular weight excluding hydrogens is 475 g/mol. The van der Waals surface area contributed by atoms with Gasteiger partial charge < -0.3 is 26.4 Å². The molecule has 11 heteroatoms. The summed E-state index contributed by atoms with van der Waals surface area (Å²) in [5, 5.41) is 15.8. The van der Waals surface area contributed by atoms with Crippen LogP contribution >= 0.6 is 0 Å². The zero-order valence-corrected chi connectivity index (χ0v) is 20.5. The third kappa shape index (κ3) is 6.00. The van der Waals surface area contributed by atoms with Crippen LogP contribution in [0.3, 0.4) is 0 Å². The molecule has 0 aromatic heterocycles. The van der Waals surface area contributed by atoms with E-state index in [1.165, 1.54) is 6.20 Å². The molecule has 8 nitrogen and oxygen atoms in total. The van der Waals surface area contributed by atoms with E-state index < -0.39 is 35.5 Å². The molecule has 0 radical (unpaired) electrons. The molecule has 1 aliphatic carbocycles. The molecular formula is C25H32F3N5O3. The molecule has 196 valence electrons. The van der Waals surface area contributed by atoms with Crippen LogP contribution in [0.1, 0.15) is 63.8 Å². The van der Waals surface area contributed by atoms with Crippen LogP contribution in [-0.2, 0) is 14.3 Å². The fourth-order valence-corrected chi connectivity index (χ4v) is 3.93. The first-order chi connectivity index (χ1) is 16.9. The number of hydrogen-bond donors (Lipinski definition) is 5. The second kappa shape index (κ2) is 10.6. The minimum Gasteiger partial charge on any atom is -0.459 e. The van der Waals surface area contributed by atoms with Gasteiger partial charge in [-0.3, -0.25) is 15.0 Å². The molecule has 0 saturated heterocycles. The van der Waals surface area contributed by atoms with Crippen molar-refractivity contribution in [1.82, 2.24) is 16.0 Å². The number of alkyl halides is 3. The molecule has 2 unspecified atom stereocenters. The van der Waals surface area contributed by atoms with Gasteiger partial charge in [0.25, 0.3) is 11.8 Å². The van der Waals surface area contributed by atoms with Crippen molar-refractivity contribution >= 4 is 23.2 Å². The number of nitrogens with two attached hydrogens (primary N) is 1. The molecule has 1 saturated carbocycles. The highest BCUT2D eigenvalue weighted by atomic mass is 19.4. The monoisotopic (exact) mass is 507 g/mol. The fourth-order valence-electron chi connectivity index (χ4n) is 3.93. The summed E-state index contributed by atoms with van der Waals surface area (Å²) in [5.41, 5.74) is 4.07. The topological polar surface area (TPSA) is 129 Å². The summed E-state index contributed by atoms with van der Waals surface area (Å²) < 4.78 is 46.4. The van der Waals surface area contributed by atoms with Gasteiger partial charge in [0.15, 0.2) is 6.23 Å². The maximum atomic E-state index is 13.5. The lowest BCUT2D eigenvalue weighted by molar-refractivity contribution is -0.198. The lowest BCUT2D eigenvalue weighted by Gasteiger charge is -2.33. The first-order valence-corrected chi connectivity index (χ1v) is 11.9. The summed E-state index contributed by atoms with van der Waals surface area (Å²) in [6, 6.07) is 6.74. The number of carbonyl (C=O) groups excluding carboxylic acids is 2. The van der Waals surface area contributed by atoms with E-state index in [1.807, 2.05) is 19.2 Å². The number of hydrogen-bond acceptors (Lipinski definition) is 6. The Morgan fingerprint density at radius 2 is 1.94 bits per heavy atom. The van der Waals surface area contributed by atoms with Crippen LogP contribution in [0.2, 0.25) is 0 Å². The first-order valence-electron chi connectivity index (χ1n) is 11.9. The summed E-state index contributed by atoms with van der Waals surface area (Å²) in [6.45, 7) is 4.90. The minimum atomic E-state index is -4.64. The van der Waals surface area contributed by atoms with Crippen LogP contribution in [-0.4, -0.2) is 35.3 Å². The Morgan fingerprint density at radius 1 is 1.28 bits per heavy atom. The van der Waals surface area contributed by atoms with E-state index in [0.29, 0.717) is 24.0 Å². The number of rotatable bonds is 10. The summed E-state index contributed by atoms with van der Waals surface area (Å²) in [5.74, 6) is -2.05. The predicted molar refractivity (Wildman–Crippen MR) is 129 cm³/mol. The van der Waals surface area contributed by atoms with E-state index in [-0.39, 0.29) is 23.4 Å². The number of carbonyl (C=O) groups is 2. The van der Waals surface area contributed by atoms with Crippen molar-refractivity contribution in [3.63, 3.8) is 0 Å². The van der Waals surface area contributed by atoms with Gasteiger partial charge in [0.05, 0.1) is 0 Å². The van der Waals surface area contributed by atoms with Crippen molar-refractivity contribution in [2.45, 2.75) is 70.4 Å². The number of nitrogens with one attached hydrogen (secondary N) is 4. The lowest BCUT2D eigenvalue weighted by Crippen LogP contribution is -2.59. The lowest BCUT2D eigenvalue weighted by atomic mass is 9.94. The molecule has 3 rings (SSSR count). The first kappa shape index (κ1) is 27.1. The van der Waals surface area contributed by atoms with Gasteiger partial charge >= 0.3 is 6.18 Å². The molecule has 6 N–H and O–H groups in total. The number of amides is 2. The van der Waals surface area contributed by atoms with E-state index in [4.69, 9.17) is 15.9 Å².